The topological polar surface area (TPSA) is 55.8 Å². The Morgan fingerprint density at radius 2 is 1.19 bits per heavy atom. The summed E-state index contributed by atoms with van der Waals surface area (Å²) >= 11 is 0. The van der Waals surface area contributed by atoms with Gasteiger partial charge in [-0.1, -0.05) is 78.1 Å². The van der Waals surface area contributed by atoms with Crippen LogP contribution in [0.25, 0.3) is 0 Å². The molecule has 1 aromatic carbocycles. The van der Waals surface area contributed by atoms with Crippen LogP contribution >= 0.6 is 0 Å². The molecule has 0 saturated heterocycles. The van der Waals surface area contributed by atoms with Gasteiger partial charge in [-0.05, 0) is 18.9 Å². The lowest BCUT2D eigenvalue weighted by molar-refractivity contribution is 0.112. The number of rotatable bonds is 17. The number of carbonyl (C=O) groups is 1. The van der Waals surface area contributed by atoms with E-state index in [1.54, 1.807) is 6.07 Å². The standard InChI is InChI=1S/C23H38O4/c1-3-5-7-9-11-13-15-26-22-17-20(19-24)21(25)18-23(22)27-16-14-12-10-8-6-4-2/h17-19,25H,3-16H2,1-2H3. The summed E-state index contributed by atoms with van der Waals surface area (Å²) in [6.07, 6.45) is 15.0. The minimum Gasteiger partial charge on any atom is -0.507 e. The van der Waals surface area contributed by atoms with Crippen LogP contribution in [0.4, 0.5) is 0 Å². The van der Waals surface area contributed by atoms with Gasteiger partial charge in [0, 0.05) is 6.07 Å². The molecule has 4 nitrogen and oxygen atoms in total. The number of benzene rings is 1. The van der Waals surface area contributed by atoms with Crippen LogP contribution in [0.15, 0.2) is 12.1 Å². The van der Waals surface area contributed by atoms with Crippen molar-refractivity contribution in [2.45, 2.75) is 90.9 Å². The Morgan fingerprint density at radius 1 is 0.741 bits per heavy atom. The van der Waals surface area contributed by atoms with Crippen LogP contribution in [-0.2, 0) is 0 Å². The molecule has 0 atom stereocenters. The molecule has 0 fully saturated rings. The average Bonchev–Trinajstić information content (AvgIpc) is 2.67. The second-order valence-electron chi connectivity index (χ2n) is 7.21. The lowest BCUT2D eigenvalue weighted by Gasteiger charge is -2.14. The fourth-order valence-corrected chi connectivity index (χ4v) is 3.01. The lowest BCUT2D eigenvalue weighted by atomic mass is 10.1. The molecule has 154 valence electrons. The molecular weight excluding hydrogens is 340 g/mol. The van der Waals surface area contributed by atoms with Crippen molar-refractivity contribution in [3.05, 3.63) is 17.7 Å². The zero-order valence-electron chi connectivity index (χ0n) is 17.3. The molecule has 0 aliphatic heterocycles. The predicted molar refractivity (Wildman–Crippen MR) is 111 cm³/mol. The number of hydrogen-bond donors (Lipinski definition) is 1. The van der Waals surface area contributed by atoms with Crippen LogP contribution in [0, 0.1) is 0 Å². The van der Waals surface area contributed by atoms with Gasteiger partial charge in [0.25, 0.3) is 0 Å². The summed E-state index contributed by atoms with van der Waals surface area (Å²) in [5.41, 5.74) is 0.236. The number of aromatic hydroxyl groups is 1. The number of phenols is 1. The van der Waals surface area contributed by atoms with Gasteiger partial charge in [-0.3, -0.25) is 4.79 Å². The van der Waals surface area contributed by atoms with Crippen molar-refractivity contribution in [3.63, 3.8) is 0 Å². The summed E-state index contributed by atoms with van der Waals surface area (Å²) in [4.78, 5) is 11.1. The van der Waals surface area contributed by atoms with Crippen molar-refractivity contribution in [2.24, 2.45) is 0 Å². The number of aldehydes is 1. The summed E-state index contributed by atoms with van der Waals surface area (Å²) in [5.74, 6) is 1.02. The smallest absolute Gasteiger partial charge is 0.164 e. The highest BCUT2D eigenvalue weighted by Crippen LogP contribution is 2.34. The van der Waals surface area contributed by atoms with Gasteiger partial charge < -0.3 is 14.6 Å². The van der Waals surface area contributed by atoms with Crippen molar-refractivity contribution in [3.8, 4) is 17.2 Å². The van der Waals surface area contributed by atoms with Crippen molar-refractivity contribution in [1.29, 1.82) is 0 Å². The largest absolute Gasteiger partial charge is 0.507 e. The van der Waals surface area contributed by atoms with Gasteiger partial charge >= 0.3 is 0 Å². The monoisotopic (exact) mass is 378 g/mol. The van der Waals surface area contributed by atoms with E-state index in [1.807, 2.05) is 0 Å². The van der Waals surface area contributed by atoms with Crippen LogP contribution in [0.1, 0.15) is 101 Å². The van der Waals surface area contributed by atoms with Crippen LogP contribution in [0.2, 0.25) is 0 Å². The lowest BCUT2D eigenvalue weighted by Crippen LogP contribution is -2.03. The fraction of sp³-hybridized carbons (Fsp3) is 0.696. The molecule has 1 aromatic rings. The maximum absolute atomic E-state index is 11.1. The number of carbonyl (C=O) groups excluding carboxylic acids is 1. The molecule has 27 heavy (non-hydrogen) atoms. The minimum absolute atomic E-state index is 0.0603. The third-order valence-electron chi connectivity index (χ3n) is 4.73. The number of ether oxygens (including phenoxy) is 2. The fourth-order valence-electron chi connectivity index (χ4n) is 3.01. The zero-order valence-corrected chi connectivity index (χ0v) is 17.3. The van der Waals surface area contributed by atoms with E-state index in [1.165, 1.54) is 57.4 Å². The molecule has 0 amide bonds. The van der Waals surface area contributed by atoms with Crippen molar-refractivity contribution in [1.82, 2.24) is 0 Å². The van der Waals surface area contributed by atoms with Crippen LogP contribution < -0.4 is 9.47 Å². The Hall–Kier alpha value is -1.71. The van der Waals surface area contributed by atoms with E-state index >= 15 is 0 Å². The first kappa shape index (κ1) is 23.3. The summed E-state index contributed by atoms with van der Waals surface area (Å²) < 4.78 is 11.7. The average molecular weight is 379 g/mol. The Bertz CT molecular complexity index is 513. The maximum Gasteiger partial charge on any atom is 0.164 e. The molecule has 0 saturated carbocycles. The number of hydrogen-bond acceptors (Lipinski definition) is 4. The summed E-state index contributed by atoms with van der Waals surface area (Å²) in [5, 5.41) is 9.94. The van der Waals surface area contributed by atoms with Gasteiger partial charge in [-0.15, -0.1) is 0 Å². The van der Waals surface area contributed by atoms with Gasteiger partial charge in [0.05, 0.1) is 18.8 Å². The number of unbranched alkanes of at least 4 members (excludes halogenated alkanes) is 10. The van der Waals surface area contributed by atoms with Crippen molar-refractivity contribution in [2.75, 3.05) is 13.2 Å². The Balaban J connectivity index is 2.44. The van der Waals surface area contributed by atoms with E-state index in [9.17, 15) is 9.90 Å². The SMILES string of the molecule is CCCCCCCCOc1cc(O)c(C=O)cc1OCCCCCCCC. The number of phenolic OH excluding ortho intramolecular Hbond substituents is 1. The van der Waals surface area contributed by atoms with Crippen LogP contribution in [-0.4, -0.2) is 24.6 Å². The van der Waals surface area contributed by atoms with E-state index in [0.29, 0.717) is 31.0 Å². The van der Waals surface area contributed by atoms with Gasteiger partial charge in [0.2, 0.25) is 0 Å². The predicted octanol–water partition coefficient (Wildman–Crippen LogP) is 6.68. The van der Waals surface area contributed by atoms with Gasteiger partial charge in [0.15, 0.2) is 17.8 Å². The summed E-state index contributed by atoms with van der Waals surface area (Å²) in [6, 6.07) is 3.08. The molecule has 0 radical (unpaired) electrons. The molecule has 4 heteroatoms. The molecular formula is C23H38O4. The Labute approximate surface area is 165 Å². The van der Waals surface area contributed by atoms with Gasteiger partial charge in [-0.25, -0.2) is 0 Å². The zero-order chi connectivity index (χ0) is 19.7. The van der Waals surface area contributed by atoms with Gasteiger partial charge in [-0.2, -0.15) is 0 Å². The molecule has 1 rings (SSSR count). The second kappa shape index (κ2) is 15.4. The highest BCUT2D eigenvalue weighted by Gasteiger charge is 2.11. The Kier molecular flexibility index (Phi) is 13.3. The second-order valence-corrected chi connectivity index (χ2v) is 7.21. The highest BCUT2D eigenvalue weighted by molar-refractivity contribution is 5.81. The van der Waals surface area contributed by atoms with E-state index in [0.717, 1.165) is 25.7 Å². The van der Waals surface area contributed by atoms with Crippen molar-refractivity contribution < 1.29 is 19.4 Å². The summed E-state index contributed by atoms with van der Waals surface area (Å²) in [6.45, 7) is 5.62. The third-order valence-corrected chi connectivity index (χ3v) is 4.73. The maximum atomic E-state index is 11.1. The molecule has 0 bridgehead atoms. The first-order valence-electron chi connectivity index (χ1n) is 10.8. The molecule has 0 aliphatic carbocycles. The molecule has 0 unspecified atom stereocenters. The third kappa shape index (κ3) is 10.3. The molecule has 0 spiro atoms. The molecule has 0 aromatic heterocycles. The Morgan fingerprint density at radius 3 is 1.67 bits per heavy atom. The molecule has 0 aliphatic rings. The minimum atomic E-state index is -0.0603. The van der Waals surface area contributed by atoms with Gasteiger partial charge in [0.1, 0.15) is 5.75 Å². The normalized spacial score (nSPS) is 10.7. The molecule has 0 heterocycles. The van der Waals surface area contributed by atoms with Crippen LogP contribution in [0.5, 0.6) is 17.2 Å². The molecule has 1 N–H and O–H groups in total. The van der Waals surface area contributed by atoms with Crippen molar-refractivity contribution >= 4 is 6.29 Å². The summed E-state index contributed by atoms with van der Waals surface area (Å²) in [7, 11) is 0. The first-order chi connectivity index (χ1) is 13.2. The quantitative estimate of drug-likeness (QED) is 0.242. The first-order valence-corrected chi connectivity index (χ1v) is 10.8. The van der Waals surface area contributed by atoms with E-state index in [2.05, 4.69) is 13.8 Å². The van der Waals surface area contributed by atoms with Crippen LogP contribution in [0.3, 0.4) is 0 Å². The van der Waals surface area contributed by atoms with E-state index < -0.39 is 0 Å². The van der Waals surface area contributed by atoms with E-state index in [4.69, 9.17) is 9.47 Å². The van der Waals surface area contributed by atoms with E-state index in [-0.39, 0.29) is 11.3 Å². The highest BCUT2D eigenvalue weighted by atomic mass is 16.5.